The number of rotatable bonds is 4. The van der Waals surface area contributed by atoms with E-state index in [1.807, 2.05) is 13.8 Å². The van der Waals surface area contributed by atoms with E-state index < -0.39 is 0 Å². The van der Waals surface area contributed by atoms with Crippen LogP contribution >= 0.6 is 27.3 Å². The number of hydrogen-bond donors (Lipinski definition) is 2. The number of carbonyl (C=O) groups excluding carboxylic acids is 1. The summed E-state index contributed by atoms with van der Waals surface area (Å²) in [6.07, 6.45) is 0.383. The maximum Gasteiger partial charge on any atom is 0.225 e. The lowest BCUT2D eigenvalue weighted by atomic mass is 10.1. The molecular formula is C18H20BrN3O3S. The third kappa shape index (κ3) is 4.13. The van der Waals surface area contributed by atoms with Crippen molar-refractivity contribution in [1.29, 1.82) is 0 Å². The molecule has 26 heavy (non-hydrogen) atoms. The highest BCUT2D eigenvalue weighted by Gasteiger charge is 2.13. The number of H-pyrrole nitrogens is 1. The molecular weight excluding hydrogens is 418 g/mol. The van der Waals surface area contributed by atoms with Crippen molar-refractivity contribution in [3.05, 3.63) is 38.3 Å². The molecule has 2 heterocycles. The zero-order chi connectivity index (χ0) is 19.3. The number of carbonyl (C=O) groups is 1. The highest BCUT2D eigenvalue weighted by Crippen LogP contribution is 2.32. The Morgan fingerprint density at radius 2 is 2.12 bits per heavy atom. The lowest BCUT2D eigenvalue weighted by Gasteiger charge is -2.08. The van der Waals surface area contributed by atoms with Gasteiger partial charge in [0.25, 0.3) is 0 Å². The first-order valence-corrected chi connectivity index (χ1v) is 9.86. The Hall–Kier alpha value is -2.19. The van der Waals surface area contributed by atoms with Crippen LogP contribution in [0, 0.1) is 0 Å². The largest absolute Gasteiger partial charge is 0.495 e. The molecule has 0 radical (unpaired) electrons. The van der Waals surface area contributed by atoms with Gasteiger partial charge >= 0.3 is 0 Å². The molecule has 0 aliphatic rings. The number of pyridine rings is 1. The van der Waals surface area contributed by atoms with Crippen molar-refractivity contribution in [2.45, 2.75) is 27.2 Å². The predicted molar refractivity (Wildman–Crippen MR) is 110 cm³/mol. The fourth-order valence-corrected chi connectivity index (χ4v) is 3.56. The molecule has 1 amide bonds. The Balaban J connectivity index is 0.00000117. The van der Waals surface area contributed by atoms with Crippen LogP contribution in [0.3, 0.4) is 0 Å². The molecule has 1 aromatic carbocycles. The van der Waals surface area contributed by atoms with E-state index in [0.29, 0.717) is 44.1 Å². The zero-order valence-corrected chi connectivity index (χ0v) is 17.4. The summed E-state index contributed by atoms with van der Waals surface area (Å²) in [4.78, 5) is 31.4. The van der Waals surface area contributed by atoms with Gasteiger partial charge in [-0.05, 0) is 28.1 Å². The molecule has 2 N–H and O–H groups in total. The van der Waals surface area contributed by atoms with Crippen molar-refractivity contribution in [3.8, 4) is 17.1 Å². The fraction of sp³-hybridized carbons (Fsp3) is 0.278. The number of aromatic amines is 1. The molecule has 0 fully saturated rings. The predicted octanol–water partition coefficient (Wildman–Crippen LogP) is 4.80. The van der Waals surface area contributed by atoms with E-state index in [1.165, 1.54) is 17.4 Å². The fourth-order valence-electron chi connectivity index (χ4n) is 2.22. The van der Waals surface area contributed by atoms with Crippen molar-refractivity contribution < 1.29 is 9.53 Å². The first-order valence-electron chi connectivity index (χ1n) is 8.18. The van der Waals surface area contributed by atoms with Crippen molar-refractivity contribution >= 4 is 49.2 Å². The minimum Gasteiger partial charge on any atom is -0.495 e. The topological polar surface area (TPSA) is 84.1 Å². The summed E-state index contributed by atoms with van der Waals surface area (Å²) in [7, 11) is 1.57. The number of benzene rings is 1. The second-order valence-electron chi connectivity index (χ2n) is 4.99. The Kier molecular flexibility index (Phi) is 6.93. The monoisotopic (exact) mass is 437 g/mol. The number of thiazole rings is 1. The van der Waals surface area contributed by atoms with Gasteiger partial charge in [0.15, 0.2) is 10.6 Å². The van der Waals surface area contributed by atoms with Gasteiger partial charge in [-0.1, -0.05) is 20.8 Å². The lowest BCUT2D eigenvalue weighted by Crippen LogP contribution is -2.09. The number of nitrogens with zero attached hydrogens (tertiary/aromatic N) is 1. The minimum atomic E-state index is -0.116. The van der Waals surface area contributed by atoms with Crippen LogP contribution in [0.4, 0.5) is 5.13 Å². The molecule has 3 rings (SSSR count). The third-order valence-electron chi connectivity index (χ3n) is 3.47. The second-order valence-corrected chi connectivity index (χ2v) is 6.64. The van der Waals surface area contributed by atoms with Crippen LogP contribution in [-0.2, 0) is 4.79 Å². The highest BCUT2D eigenvalue weighted by atomic mass is 79.9. The minimum absolute atomic E-state index is 0.101. The normalized spacial score (nSPS) is 10.2. The standard InChI is InChI=1S/C16H14BrN3O3S.C2H6/c1-3-13(22)20-16-19-10(7-24-16)9-6-11(21)8-4-5-12(23-2)14(17)15(8)18-9;1-2/h4-7H,3H2,1-2H3,(H,18,21)(H,19,20,22);1-2H3. The summed E-state index contributed by atoms with van der Waals surface area (Å²) >= 11 is 4.77. The van der Waals surface area contributed by atoms with Gasteiger partial charge in [-0.25, -0.2) is 4.98 Å². The molecule has 6 nitrogen and oxygen atoms in total. The van der Waals surface area contributed by atoms with Gasteiger partial charge in [-0.2, -0.15) is 0 Å². The number of aromatic nitrogens is 2. The van der Waals surface area contributed by atoms with Gasteiger partial charge in [-0.3, -0.25) is 9.59 Å². The van der Waals surface area contributed by atoms with Gasteiger partial charge in [0.1, 0.15) is 5.75 Å². The van der Waals surface area contributed by atoms with Gasteiger partial charge in [0, 0.05) is 23.3 Å². The molecule has 0 saturated carbocycles. The van der Waals surface area contributed by atoms with E-state index in [2.05, 4.69) is 31.2 Å². The summed E-state index contributed by atoms with van der Waals surface area (Å²) < 4.78 is 5.95. The maximum absolute atomic E-state index is 12.4. The average molecular weight is 438 g/mol. The van der Waals surface area contributed by atoms with Gasteiger partial charge < -0.3 is 15.0 Å². The molecule has 0 aliphatic heterocycles. The molecule has 0 spiro atoms. The van der Waals surface area contributed by atoms with E-state index in [9.17, 15) is 9.59 Å². The number of amides is 1. The van der Waals surface area contributed by atoms with Gasteiger partial charge in [0.05, 0.1) is 28.5 Å². The van der Waals surface area contributed by atoms with Crippen LogP contribution in [0.15, 0.2) is 32.8 Å². The quantitative estimate of drug-likeness (QED) is 0.613. The summed E-state index contributed by atoms with van der Waals surface area (Å²) in [5.41, 5.74) is 1.70. The number of fused-ring (bicyclic) bond motifs is 1. The Morgan fingerprint density at radius 3 is 2.77 bits per heavy atom. The van der Waals surface area contributed by atoms with Crippen molar-refractivity contribution in [2.24, 2.45) is 0 Å². The van der Waals surface area contributed by atoms with Crippen LogP contribution in [0.2, 0.25) is 0 Å². The molecule has 0 aliphatic carbocycles. The molecule has 2 aromatic heterocycles. The number of hydrogen-bond acceptors (Lipinski definition) is 5. The Labute approximate surface area is 163 Å². The summed E-state index contributed by atoms with van der Waals surface area (Å²) in [6.45, 7) is 5.77. The number of anilines is 1. The Bertz CT molecular complexity index is 981. The molecule has 138 valence electrons. The van der Waals surface area contributed by atoms with Crippen molar-refractivity contribution in [3.63, 3.8) is 0 Å². The van der Waals surface area contributed by atoms with Crippen LogP contribution < -0.4 is 15.5 Å². The molecule has 0 bridgehead atoms. The van der Waals surface area contributed by atoms with Crippen LogP contribution in [-0.4, -0.2) is 23.0 Å². The van der Waals surface area contributed by atoms with E-state index in [0.717, 1.165) is 0 Å². The molecule has 3 aromatic rings. The SMILES string of the molecule is CC.CCC(=O)Nc1nc(-c2cc(=O)c3ccc(OC)c(Br)c3[nH]2)cs1. The summed E-state index contributed by atoms with van der Waals surface area (Å²) in [5.74, 6) is 0.528. The smallest absolute Gasteiger partial charge is 0.225 e. The number of methoxy groups -OCH3 is 1. The molecule has 8 heteroatoms. The van der Waals surface area contributed by atoms with E-state index in [-0.39, 0.29) is 11.3 Å². The average Bonchev–Trinajstić information content (AvgIpc) is 3.12. The van der Waals surface area contributed by atoms with E-state index in [4.69, 9.17) is 4.74 Å². The van der Waals surface area contributed by atoms with Gasteiger partial charge in [-0.15, -0.1) is 11.3 Å². The van der Waals surface area contributed by atoms with Gasteiger partial charge in [0.2, 0.25) is 5.91 Å². The van der Waals surface area contributed by atoms with E-state index in [1.54, 1.807) is 31.5 Å². The van der Waals surface area contributed by atoms with Crippen LogP contribution in [0.5, 0.6) is 5.75 Å². The number of nitrogens with one attached hydrogen (secondary N) is 2. The zero-order valence-electron chi connectivity index (χ0n) is 15.0. The lowest BCUT2D eigenvalue weighted by molar-refractivity contribution is -0.115. The first kappa shape index (κ1) is 20.1. The van der Waals surface area contributed by atoms with Crippen molar-refractivity contribution in [1.82, 2.24) is 9.97 Å². The molecule has 0 saturated heterocycles. The van der Waals surface area contributed by atoms with Crippen LogP contribution in [0.25, 0.3) is 22.3 Å². The summed E-state index contributed by atoms with van der Waals surface area (Å²) in [6, 6.07) is 4.96. The molecule has 0 unspecified atom stereocenters. The van der Waals surface area contributed by atoms with Crippen LogP contribution in [0.1, 0.15) is 27.2 Å². The number of halogens is 1. The van der Waals surface area contributed by atoms with Crippen molar-refractivity contribution in [2.75, 3.05) is 12.4 Å². The molecule has 0 atom stereocenters. The first-order chi connectivity index (χ1) is 12.5. The summed E-state index contributed by atoms with van der Waals surface area (Å²) in [5, 5.41) is 5.56. The Morgan fingerprint density at radius 1 is 1.38 bits per heavy atom. The highest BCUT2D eigenvalue weighted by molar-refractivity contribution is 9.10. The third-order valence-corrected chi connectivity index (χ3v) is 5.02. The maximum atomic E-state index is 12.4. The number of ether oxygens (including phenoxy) is 1. The van der Waals surface area contributed by atoms with E-state index >= 15 is 0 Å². The second kappa shape index (κ2) is 8.95.